The van der Waals surface area contributed by atoms with Crippen molar-refractivity contribution >= 4 is 11.6 Å². The zero-order valence-electron chi connectivity index (χ0n) is 13.5. The summed E-state index contributed by atoms with van der Waals surface area (Å²) in [6.45, 7) is 1.80. The SMILES string of the molecule is CC(=O)Nc1cccc(Cn2cc(-c3cnc(C(F)(F)F)nc3)nn2)c1. The third-order valence-corrected chi connectivity index (χ3v) is 3.33. The summed E-state index contributed by atoms with van der Waals surface area (Å²) in [6.07, 6.45) is -0.894. The molecule has 0 radical (unpaired) electrons. The molecule has 0 aliphatic heterocycles. The Kier molecular flexibility index (Phi) is 4.65. The molecule has 10 heteroatoms. The number of alkyl halides is 3. The average molecular weight is 362 g/mol. The van der Waals surface area contributed by atoms with Gasteiger partial charge in [0.15, 0.2) is 0 Å². The van der Waals surface area contributed by atoms with Crippen molar-refractivity contribution in [3.63, 3.8) is 0 Å². The number of nitrogens with one attached hydrogen (secondary N) is 1. The van der Waals surface area contributed by atoms with Crippen molar-refractivity contribution in [3.05, 3.63) is 54.2 Å². The van der Waals surface area contributed by atoms with Crippen molar-refractivity contribution < 1.29 is 18.0 Å². The highest BCUT2D eigenvalue weighted by atomic mass is 19.4. The van der Waals surface area contributed by atoms with Gasteiger partial charge in [0.1, 0.15) is 5.69 Å². The van der Waals surface area contributed by atoms with Gasteiger partial charge in [-0.25, -0.2) is 14.6 Å². The molecule has 3 aromatic rings. The number of benzene rings is 1. The number of carbonyl (C=O) groups excluding carboxylic acids is 1. The highest BCUT2D eigenvalue weighted by Gasteiger charge is 2.34. The molecule has 0 saturated heterocycles. The van der Waals surface area contributed by atoms with E-state index in [2.05, 4.69) is 25.6 Å². The minimum absolute atomic E-state index is 0.174. The molecule has 26 heavy (non-hydrogen) atoms. The number of carbonyl (C=O) groups is 1. The molecule has 0 bridgehead atoms. The van der Waals surface area contributed by atoms with Crippen LogP contribution in [0.3, 0.4) is 0 Å². The van der Waals surface area contributed by atoms with E-state index in [1.165, 1.54) is 11.6 Å². The summed E-state index contributed by atoms with van der Waals surface area (Å²) in [5.41, 5.74) is 2.22. The average Bonchev–Trinajstić information content (AvgIpc) is 3.02. The fourth-order valence-electron chi connectivity index (χ4n) is 2.25. The summed E-state index contributed by atoms with van der Waals surface area (Å²) < 4.78 is 39.0. The van der Waals surface area contributed by atoms with Crippen molar-refractivity contribution in [1.29, 1.82) is 0 Å². The van der Waals surface area contributed by atoms with Crippen molar-refractivity contribution in [2.75, 3.05) is 5.32 Å². The third-order valence-electron chi connectivity index (χ3n) is 3.33. The molecule has 2 aromatic heterocycles. The monoisotopic (exact) mass is 362 g/mol. The van der Waals surface area contributed by atoms with Crippen LogP contribution in [0.15, 0.2) is 42.9 Å². The smallest absolute Gasteiger partial charge is 0.326 e. The van der Waals surface area contributed by atoms with Crippen LogP contribution in [-0.4, -0.2) is 30.9 Å². The zero-order valence-corrected chi connectivity index (χ0v) is 13.5. The maximum Gasteiger partial charge on any atom is 0.451 e. The molecule has 0 atom stereocenters. The fraction of sp³-hybridized carbons (Fsp3) is 0.188. The number of rotatable bonds is 4. The molecule has 0 aliphatic rings. The molecular formula is C16H13F3N6O. The van der Waals surface area contributed by atoms with E-state index in [4.69, 9.17) is 0 Å². The first-order valence-corrected chi connectivity index (χ1v) is 7.47. The van der Waals surface area contributed by atoms with Gasteiger partial charge in [-0.3, -0.25) is 4.79 Å². The summed E-state index contributed by atoms with van der Waals surface area (Å²) in [4.78, 5) is 17.7. The van der Waals surface area contributed by atoms with Crippen molar-refractivity contribution in [1.82, 2.24) is 25.0 Å². The second kappa shape index (κ2) is 6.90. The number of halogens is 3. The Morgan fingerprint density at radius 1 is 1.23 bits per heavy atom. The van der Waals surface area contributed by atoms with Gasteiger partial charge in [-0.1, -0.05) is 17.3 Å². The summed E-state index contributed by atoms with van der Waals surface area (Å²) in [5, 5.41) is 10.6. The van der Waals surface area contributed by atoms with Gasteiger partial charge in [-0.05, 0) is 17.7 Å². The van der Waals surface area contributed by atoms with Gasteiger partial charge in [0, 0.05) is 30.6 Å². The van der Waals surface area contributed by atoms with E-state index in [0.29, 0.717) is 23.5 Å². The molecule has 0 aliphatic carbocycles. The van der Waals surface area contributed by atoms with Crippen molar-refractivity contribution in [2.24, 2.45) is 0 Å². The van der Waals surface area contributed by atoms with Crippen LogP contribution < -0.4 is 5.32 Å². The van der Waals surface area contributed by atoms with Crippen molar-refractivity contribution in [2.45, 2.75) is 19.6 Å². The minimum atomic E-state index is -4.59. The largest absolute Gasteiger partial charge is 0.451 e. The quantitative estimate of drug-likeness (QED) is 0.771. The van der Waals surface area contributed by atoms with Crippen LogP contribution in [0.5, 0.6) is 0 Å². The topological polar surface area (TPSA) is 85.6 Å². The Morgan fingerprint density at radius 3 is 2.62 bits per heavy atom. The number of amides is 1. The molecule has 0 fully saturated rings. The second-order valence-electron chi connectivity index (χ2n) is 5.48. The van der Waals surface area contributed by atoms with Crippen LogP contribution in [0.25, 0.3) is 11.3 Å². The first-order chi connectivity index (χ1) is 12.3. The number of hydrogen-bond acceptors (Lipinski definition) is 5. The van der Waals surface area contributed by atoms with E-state index >= 15 is 0 Å². The lowest BCUT2D eigenvalue weighted by molar-refractivity contribution is -0.145. The Morgan fingerprint density at radius 2 is 1.96 bits per heavy atom. The summed E-state index contributed by atoms with van der Waals surface area (Å²) in [6, 6.07) is 7.21. The molecule has 0 saturated carbocycles. The van der Waals surface area contributed by atoms with Gasteiger partial charge < -0.3 is 5.32 Å². The molecule has 1 N–H and O–H groups in total. The van der Waals surface area contributed by atoms with Gasteiger partial charge >= 0.3 is 6.18 Å². The number of anilines is 1. The Bertz CT molecular complexity index is 920. The van der Waals surface area contributed by atoms with E-state index in [1.54, 1.807) is 24.4 Å². The molecule has 0 unspecified atom stereocenters. The zero-order chi connectivity index (χ0) is 18.7. The molecule has 1 aromatic carbocycles. The highest BCUT2D eigenvalue weighted by molar-refractivity contribution is 5.88. The second-order valence-corrected chi connectivity index (χ2v) is 5.48. The van der Waals surface area contributed by atoms with Crippen LogP contribution in [0, 0.1) is 0 Å². The molecule has 3 rings (SSSR count). The predicted octanol–water partition coefficient (Wildman–Crippen LogP) is 2.76. The Labute approximate surface area is 145 Å². The van der Waals surface area contributed by atoms with E-state index in [0.717, 1.165) is 18.0 Å². The first-order valence-electron chi connectivity index (χ1n) is 7.47. The summed E-state index contributed by atoms with van der Waals surface area (Å²) >= 11 is 0. The Hall–Kier alpha value is -3.30. The summed E-state index contributed by atoms with van der Waals surface area (Å²) in [5.74, 6) is -1.38. The summed E-state index contributed by atoms with van der Waals surface area (Å²) in [7, 11) is 0. The van der Waals surface area contributed by atoms with E-state index in [1.807, 2.05) is 6.07 Å². The predicted molar refractivity (Wildman–Crippen MR) is 85.9 cm³/mol. The molecule has 1 amide bonds. The van der Waals surface area contributed by atoms with Crippen LogP contribution in [-0.2, 0) is 17.5 Å². The van der Waals surface area contributed by atoms with E-state index in [-0.39, 0.29) is 5.91 Å². The minimum Gasteiger partial charge on any atom is -0.326 e. The van der Waals surface area contributed by atoms with Crippen LogP contribution >= 0.6 is 0 Å². The fourth-order valence-corrected chi connectivity index (χ4v) is 2.25. The number of nitrogens with zero attached hydrogens (tertiary/aromatic N) is 5. The molecular weight excluding hydrogens is 349 g/mol. The van der Waals surface area contributed by atoms with Gasteiger partial charge in [0.25, 0.3) is 0 Å². The van der Waals surface area contributed by atoms with Gasteiger partial charge in [0.2, 0.25) is 11.7 Å². The third kappa shape index (κ3) is 4.21. The molecule has 134 valence electrons. The van der Waals surface area contributed by atoms with Crippen LogP contribution in [0.2, 0.25) is 0 Å². The van der Waals surface area contributed by atoms with Gasteiger partial charge in [0.05, 0.1) is 12.7 Å². The van der Waals surface area contributed by atoms with Gasteiger partial charge in [-0.2, -0.15) is 13.2 Å². The molecule has 7 nitrogen and oxygen atoms in total. The number of hydrogen-bond donors (Lipinski definition) is 1. The normalized spacial score (nSPS) is 11.4. The molecule has 0 spiro atoms. The highest BCUT2D eigenvalue weighted by Crippen LogP contribution is 2.26. The lowest BCUT2D eigenvalue weighted by Gasteiger charge is -2.05. The standard InChI is InChI=1S/C16H13F3N6O/c1-10(26)22-13-4-2-3-11(5-13)8-25-9-14(23-24-25)12-6-20-15(21-7-12)16(17,18)19/h2-7,9H,8H2,1H3,(H,22,26). The Balaban J connectivity index is 1.75. The molecule has 2 heterocycles. The first kappa shape index (κ1) is 17.5. The maximum atomic E-state index is 12.5. The lowest BCUT2D eigenvalue weighted by Crippen LogP contribution is -2.10. The van der Waals surface area contributed by atoms with E-state index < -0.39 is 12.0 Å². The van der Waals surface area contributed by atoms with Crippen molar-refractivity contribution in [3.8, 4) is 11.3 Å². The number of aromatic nitrogens is 5. The lowest BCUT2D eigenvalue weighted by atomic mass is 10.2. The van der Waals surface area contributed by atoms with Crippen LogP contribution in [0.1, 0.15) is 18.3 Å². The van der Waals surface area contributed by atoms with Gasteiger partial charge in [-0.15, -0.1) is 5.10 Å². The maximum absolute atomic E-state index is 12.5. The van der Waals surface area contributed by atoms with E-state index in [9.17, 15) is 18.0 Å². The van der Waals surface area contributed by atoms with Crippen LogP contribution in [0.4, 0.5) is 18.9 Å².